The number of hydrogen-bond acceptors (Lipinski definition) is 4. The zero-order valence-electron chi connectivity index (χ0n) is 13.7. The molecule has 2 aromatic carbocycles. The first-order valence-electron chi connectivity index (χ1n) is 7.54. The molecule has 0 bridgehead atoms. The van der Waals surface area contributed by atoms with Gasteiger partial charge in [0.05, 0.1) is 0 Å². The SMILES string of the molecule is CN(C)C(=O)c1cc(-c2ccccc2)ccc1-c1n[nH]nc1C(=O)O. The number of H-pyrrole nitrogens is 1. The summed E-state index contributed by atoms with van der Waals surface area (Å²) >= 11 is 0. The van der Waals surface area contributed by atoms with E-state index in [4.69, 9.17) is 0 Å². The predicted octanol–water partition coefficient (Wildman–Crippen LogP) is 2.54. The summed E-state index contributed by atoms with van der Waals surface area (Å²) in [6, 6.07) is 14.9. The summed E-state index contributed by atoms with van der Waals surface area (Å²) in [5.74, 6) is -1.45. The van der Waals surface area contributed by atoms with Crippen molar-refractivity contribution in [2.75, 3.05) is 14.1 Å². The molecule has 3 aromatic rings. The fraction of sp³-hybridized carbons (Fsp3) is 0.111. The van der Waals surface area contributed by atoms with Crippen LogP contribution in [0.5, 0.6) is 0 Å². The van der Waals surface area contributed by atoms with E-state index in [0.717, 1.165) is 11.1 Å². The van der Waals surface area contributed by atoms with Gasteiger partial charge in [-0.15, -0.1) is 5.10 Å². The second-order valence-electron chi connectivity index (χ2n) is 5.65. The first-order chi connectivity index (χ1) is 12.0. The molecule has 0 aliphatic rings. The Labute approximate surface area is 143 Å². The standard InChI is InChI=1S/C18H16N4O3/c1-22(2)17(23)14-10-12(11-6-4-3-5-7-11)8-9-13(14)15-16(18(24)25)20-21-19-15/h3-10H,1-2H3,(H,24,25)(H,19,20,21). The van der Waals surface area contributed by atoms with E-state index in [1.54, 1.807) is 26.2 Å². The predicted molar refractivity (Wildman–Crippen MR) is 92.2 cm³/mol. The summed E-state index contributed by atoms with van der Waals surface area (Å²) in [6.07, 6.45) is 0. The normalized spacial score (nSPS) is 10.5. The number of aromatic amines is 1. The van der Waals surface area contributed by atoms with Gasteiger partial charge < -0.3 is 10.0 Å². The minimum absolute atomic E-state index is 0.136. The first-order valence-corrected chi connectivity index (χ1v) is 7.54. The van der Waals surface area contributed by atoms with Gasteiger partial charge in [0.25, 0.3) is 5.91 Å². The molecule has 1 aromatic heterocycles. The fourth-order valence-corrected chi connectivity index (χ4v) is 2.55. The second-order valence-corrected chi connectivity index (χ2v) is 5.65. The van der Waals surface area contributed by atoms with Gasteiger partial charge in [-0.2, -0.15) is 10.3 Å². The van der Waals surface area contributed by atoms with Crippen LogP contribution in [0.15, 0.2) is 48.5 Å². The molecule has 0 radical (unpaired) electrons. The van der Waals surface area contributed by atoms with E-state index < -0.39 is 5.97 Å². The van der Waals surface area contributed by atoms with Crippen LogP contribution in [0.4, 0.5) is 0 Å². The van der Waals surface area contributed by atoms with Gasteiger partial charge in [0.15, 0.2) is 5.69 Å². The molecule has 2 N–H and O–H groups in total. The van der Waals surface area contributed by atoms with Gasteiger partial charge in [0, 0.05) is 25.2 Å². The van der Waals surface area contributed by atoms with Crippen LogP contribution in [-0.4, -0.2) is 51.4 Å². The van der Waals surface area contributed by atoms with Crippen molar-refractivity contribution in [3.8, 4) is 22.4 Å². The molecule has 0 unspecified atom stereocenters. The third kappa shape index (κ3) is 3.12. The third-order valence-electron chi connectivity index (χ3n) is 3.77. The molecule has 0 fully saturated rings. The summed E-state index contributed by atoms with van der Waals surface area (Å²) in [4.78, 5) is 25.4. The Kier molecular flexibility index (Phi) is 4.30. The fourth-order valence-electron chi connectivity index (χ4n) is 2.55. The van der Waals surface area contributed by atoms with E-state index in [1.165, 1.54) is 4.90 Å². The number of aromatic nitrogens is 3. The third-order valence-corrected chi connectivity index (χ3v) is 3.77. The highest BCUT2D eigenvalue weighted by Gasteiger charge is 2.23. The van der Waals surface area contributed by atoms with E-state index in [9.17, 15) is 14.7 Å². The maximum atomic E-state index is 12.6. The van der Waals surface area contributed by atoms with Crippen molar-refractivity contribution in [3.05, 3.63) is 59.8 Å². The van der Waals surface area contributed by atoms with Crippen LogP contribution in [0, 0.1) is 0 Å². The summed E-state index contributed by atoms with van der Waals surface area (Å²) in [5.41, 5.74) is 2.51. The minimum atomic E-state index is -1.21. The zero-order chi connectivity index (χ0) is 18.0. The maximum Gasteiger partial charge on any atom is 0.358 e. The van der Waals surface area contributed by atoms with Crippen LogP contribution in [0.1, 0.15) is 20.8 Å². The Morgan fingerprint density at radius 3 is 2.36 bits per heavy atom. The van der Waals surface area contributed by atoms with Crippen LogP contribution in [0.3, 0.4) is 0 Å². The molecule has 0 saturated heterocycles. The highest BCUT2D eigenvalue weighted by atomic mass is 16.4. The Bertz CT molecular complexity index is 933. The lowest BCUT2D eigenvalue weighted by atomic mass is 9.96. The Hall–Kier alpha value is -3.48. The van der Waals surface area contributed by atoms with E-state index in [2.05, 4.69) is 15.4 Å². The molecule has 3 rings (SSSR count). The van der Waals surface area contributed by atoms with Crippen molar-refractivity contribution in [3.63, 3.8) is 0 Å². The van der Waals surface area contributed by atoms with E-state index >= 15 is 0 Å². The molecular weight excluding hydrogens is 320 g/mol. The molecule has 7 nitrogen and oxygen atoms in total. The van der Waals surface area contributed by atoms with Gasteiger partial charge in [-0.05, 0) is 17.2 Å². The lowest BCUT2D eigenvalue weighted by molar-refractivity contribution is 0.0690. The molecule has 0 atom stereocenters. The molecule has 0 spiro atoms. The summed E-state index contributed by atoms with van der Waals surface area (Å²) in [6.45, 7) is 0. The number of rotatable bonds is 4. The molecule has 25 heavy (non-hydrogen) atoms. The van der Waals surface area contributed by atoms with Gasteiger partial charge in [0.2, 0.25) is 0 Å². The molecule has 1 heterocycles. The number of amides is 1. The van der Waals surface area contributed by atoms with Crippen molar-refractivity contribution in [2.24, 2.45) is 0 Å². The maximum absolute atomic E-state index is 12.6. The number of benzene rings is 2. The van der Waals surface area contributed by atoms with Crippen molar-refractivity contribution >= 4 is 11.9 Å². The molecule has 0 aliphatic carbocycles. The van der Waals surface area contributed by atoms with Crippen LogP contribution < -0.4 is 0 Å². The summed E-state index contributed by atoms with van der Waals surface area (Å²) < 4.78 is 0. The topological polar surface area (TPSA) is 99.2 Å². The number of hydrogen-bond donors (Lipinski definition) is 2. The molecule has 0 saturated carbocycles. The number of nitrogens with one attached hydrogen (secondary N) is 1. The van der Waals surface area contributed by atoms with Crippen LogP contribution in [0.2, 0.25) is 0 Å². The van der Waals surface area contributed by atoms with Gasteiger partial charge in [-0.1, -0.05) is 42.5 Å². The van der Waals surface area contributed by atoms with Crippen LogP contribution in [-0.2, 0) is 0 Å². The quantitative estimate of drug-likeness (QED) is 0.763. The lowest BCUT2D eigenvalue weighted by Gasteiger charge is -2.15. The van der Waals surface area contributed by atoms with Gasteiger partial charge in [0.1, 0.15) is 5.69 Å². The number of carboxylic acid groups (broad SMARTS) is 1. The smallest absolute Gasteiger partial charge is 0.358 e. The molecule has 7 heteroatoms. The van der Waals surface area contributed by atoms with Crippen molar-refractivity contribution < 1.29 is 14.7 Å². The van der Waals surface area contributed by atoms with Crippen molar-refractivity contribution in [1.82, 2.24) is 20.3 Å². The summed E-state index contributed by atoms with van der Waals surface area (Å²) in [7, 11) is 3.28. The lowest BCUT2D eigenvalue weighted by Crippen LogP contribution is -2.22. The highest BCUT2D eigenvalue weighted by molar-refractivity contribution is 6.04. The minimum Gasteiger partial charge on any atom is -0.476 e. The second kappa shape index (κ2) is 6.56. The Morgan fingerprint density at radius 1 is 1.00 bits per heavy atom. The van der Waals surface area contributed by atoms with E-state index in [-0.39, 0.29) is 17.3 Å². The number of carbonyl (C=O) groups is 2. The Balaban J connectivity index is 2.20. The average molecular weight is 336 g/mol. The molecule has 0 aliphatic heterocycles. The Morgan fingerprint density at radius 2 is 1.72 bits per heavy atom. The number of carbonyl (C=O) groups excluding carboxylic acids is 1. The van der Waals surface area contributed by atoms with E-state index in [1.807, 2.05) is 36.4 Å². The molecule has 126 valence electrons. The number of carboxylic acids is 1. The van der Waals surface area contributed by atoms with Crippen LogP contribution in [0.25, 0.3) is 22.4 Å². The largest absolute Gasteiger partial charge is 0.476 e. The van der Waals surface area contributed by atoms with Crippen molar-refractivity contribution in [1.29, 1.82) is 0 Å². The monoisotopic (exact) mass is 336 g/mol. The number of nitrogens with zero attached hydrogens (tertiary/aromatic N) is 3. The first kappa shape index (κ1) is 16.4. The molecular formula is C18H16N4O3. The zero-order valence-corrected chi connectivity index (χ0v) is 13.7. The van der Waals surface area contributed by atoms with E-state index in [0.29, 0.717) is 11.1 Å². The summed E-state index contributed by atoms with van der Waals surface area (Å²) in [5, 5.41) is 19.2. The number of aromatic carboxylic acids is 1. The van der Waals surface area contributed by atoms with Gasteiger partial charge in [-0.3, -0.25) is 4.79 Å². The van der Waals surface area contributed by atoms with Gasteiger partial charge >= 0.3 is 5.97 Å². The van der Waals surface area contributed by atoms with Crippen molar-refractivity contribution in [2.45, 2.75) is 0 Å². The van der Waals surface area contributed by atoms with Crippen LogP contribution >= 0.6 is 0 Å². The van der Waals surface area contributed by atoms with Gasteiger partial charge in [-0.25, -0.2) is 4.79 Å². The molecule has 1 amide bonds. The average Bonchev–Trinajstić information content (AvgIpc) is 3.11. The highest BCUT2D eigenvalue weighted by Crippen LogP contribution is 2.30.